The van der Waals surface area contributed by atoms with Gasteiger partial charge in [0.25, 0.3) is 0 Å². The van der Waals surface area contributed by atoms with Gasteiger partial charge >= 0.3 is 0 Å². The van der Waals surface area contributed by atoms with E-state index in [1.165, 1.54) is 6.42 Å². The molecule has 2 heteroatoms. The first-order valence-corrected chi connectivity index (χ1v) is 6.32. The van der Waals surface area contributed by atoms with E-state index in [0.29, 0.717) is 0 Å². The minimum atomic E-state index is -1.05. The third-order valence-electron chi connectivity index (χ3n) is 4.19. The van der Waals surface area contributed by atoms with Crippen LogP contribution in [0.15, 0.2) is 30.3 Å². The zero-order valence-electron chi connectivity index (χ0n) is 10.3. The van der Waals surface area contributed by atoms with Gasteiger partial charge in [0.05, 0.1) is 11.5 Å². The molecule has 90 valence electrons. The van der Waals surface area contributed by atoms with Gasteiger partial charge in [0.15, 0.2) is 0 Å². The van der Waals surface area contributed by atoms with Gasteiger partial charge in [0.2, 0.25) is 0 Å². The Morgan fingerprint density at radius 3 is 2.29 bits per heavy atom. The molecule has 0 heterocycles. The second-order valence-electron chi connectivity index (χ2n) is 5.19. The first-order chi connectivity index (χ1) is 8.12. The van der Waals surface area contributed by atoms with Gasteiger partial charge in [0.1, 0.15) is 5.60 Å². The van der Waals surface area contributed by atoms with Crippen LogP contribution in [0.2, 0.25) is 0 Å². The molecule has 1 atom stereocenters. The lowest BCUT2D eigenvalue weighted by Gasteiger charge is -2.43. The predicted octanol–water partition coefficient (Wildman–Crippen LogP) is 3.37. The number of benzene rings is 1. The van der Waals surface area contributed by atoms with Crippen LogP contribution in [-0.4, -0.2) is 5.11 Å². The van der Waals surface area contributed by atoms with Gasteiger partial charge in [-0.15, -0.1) is 0 Å². The van der Waals surface area contributed by atoms with E-state index in [0.717, 1.165) is 31.2 Å². The molecule has 1 unspecified atom stereocenters. The molecule has 1 fully saturated rings. The molecule has 0 radical (unpaired) electrons. The fourth-order valence-electron chi connectivity index (χ4n) is 2.90. The van der Waals surface area contributed by atoms with E-state index in [-0.39, 0.29) is 0 Å². The van der Waals surface area contributed by atoms with Crippen LogP contribution in [0.25, 0.3) is 0 Å². The number of hydrogen-bond donors (Lipinski definition) is 1. The highest BCUT2D eigenvalue weighted by molar-refractivity contribution is 5.28. The fourth-order valence-corrected chi connectivity index (χ4v) is 2.90. The number of nitrogens with zero attached hydrogens (tertiary/aromatic N) is 1. The Kier molecular flexibility index (Phi) is 3.22. The van der Waals surface area contributed by atoms with Gasteiger partial charge in [-0.1, -0.05) is 49.6 Å². The first-order valence-electron chi connectivity index (χ1n) is 6.32. The molecule has 1 aromatic rings. The average Bonchev–Trinajstić information content (AvgIpc) is 2.40. The molecule has 0 amide bonds. The number of rotatable bonds is 2. The molecule has 17 heavy (non-hydrogen) atoms. The molecule has 0 aliphatic heterocycles. The maximum Gasteiger partial charge on any atom is 0.105 e. The van der Waals surface area contributed by atoms with E-state index in [1.807, 2.05) is 30.3 Å². The molecule has 0 aromatic heterocycles. The van der Waals surface area contributed by atoms with Gasteiger partial charge < -0.3 is 5.11 Å². The zero-order chi connectivity index (χ0) is 12.4. The van der Waals surface area contributed by atoms with E-state index >= 15 is 0 Å². The van der Waals surface area contributed by atoms with Crippen molar-refractivity contribution in [1.82, 2.24) is 0 Å². The number of hydrogen-bond acceptors (Lipinski definition) is 2. The Labute approximate surface area is 103 Å². The van der Waals surface area contributed by atoms with Crippen LogP contribution in [0.3, 0.4) is 0 Å². The summed E-state index contributed by atoms with van der Waals surface area (Å²) in [5.74, 6) is 0. The minimum Gasteiger partial charge on any atom is -0.384 e. The standard InChI is InChI=1S/C15H19NO/c1-14(17,13-8-4-2-5-9-13)15(12-16)10-6-3-7-11-15/h2,4-5,8-9,17H,3,6-7,10-11H2,1H3. The van der Waals surface area contributed by atoms with Gasteiger partial charge in [-0.05, 0) is 25.3 Å². The van der Waals surface area contributed by atoms with Crippen molar-refractivity contribution < 1.29 is 5.11 Å². The SMILES string of the molecule is CC(O)(c1ccccc1)C1(C#N)CCCCC1. The maximum absolute atomic E-state index is 10.8. The molecule has 0 spiro atoms. The molecule has 1 aliphatic carbocycles. The van der Waals surface area contributed by atoms with E-state index < -0.39 is 11.0 Å². The second-order valence-corrected chi connectivity index (χ2v) is 5.19. The summed E-state index contributed by atoms with van der Waals surface area (Å²) in [5, 5.41) is 20.4. The summed E-state index contributed by atoms with van der Waals surface area (Å²) in [5.41, 5.74) is -0.820. The minimum absolute atomic E-state index is 0.618. The maximum atomic E-state index is 10.8. The Morgan fingerprint density at radius 2 is 1.76 bits per heavy atom. The summed E-state index contributed by atoms with van der Waals surface area (Å²) in [6, 6.07) is 12.0. The van der Waals surface area contributed by atoms with Crippen molar-refractivity contribution in [2.75, 3.05) is 0 Å². The molecule has 0 bridgehead atoms. The van der Waals surface area contributed by atoms with Crippen LogP contribution >= 0.6 is 0 Å². The first kappa shape index (κ1) is 12.1. The average molecular weight is 229 g/mol. The van der Waals surface area contributed by atoms with Gasteiger partial charge in [0, 0.05) is 0 Å². The van der Waals surface area contributed by atoms with E-state index in [1.54, 1.807) is 6.92 Å². The van der Waals surface area contributed by atoms with Crippen molar-refractivity contribution in [3.63, 3.8) is 0 Å². The Bertz CT molecular complexity index is 410. The van der Waals surface area contributed by atoms with Crippen LogP contribution in [0.1, 0.15) is 44.6 Å². The fraction of sp³-hybridized carbons (Fsp3) is 0.533. The highest BCUT2D eigenvalue weighted by Gasteiger charge is 2.48. The molecule has 1 saturated carbocycles. The molecule has 0 saturated heterocycles. The van der Waals surface area contributed by atoms with Crippen molar-refractivity contribution >= 4 is 0 Å². The van der Waals surface area contributed by atoms with Gasteiger partial charge in [-0.2, -0.15) is 5.26 Å². The highest BCUT2D eigenvalue weighted by atomic mass is 16.3. The largest absolute Gasteiger partial charge is 0.384 e. The van der Waals surface area contributed by atoms with E-state index in [4.69, 9.17) is 0 Å². The molecular weight excluding hydrogens is 210 g/mol. The third kappa shape index (κ3) is 1.96. The molecule has 1 aromatic carbocycles. The Hall–Kier alpha value is -1.33. The van der Waals surface area contributed by atoms with Crippen LogP contribution in [0.5, 0.6) is 0 Å². The van der Waals surface area contributed by atoms with Crippen molar-refractivity contribution in [3.05, 3.63) is 35.9 Å². The summed E-state index contributed by atoms with van der Waals surface area (Å²) >= 11 is 0. The lowest BCUT2D eigenvalue weighted by atomic mass is 9.62. The van der Waals surface area contributed by atoms with Crippen molar-refractivity contribution in [1.29, 1.82) is 5.26 Å². The van der Waals surface area contributed by atoms with Crippen LogP contribution in [-0.2, 0) is 5.60 Å². The van der Waals surface area contributed by atoms with E-state index in [2.05, 4.69) is 6.07 Å². The summed E-state index contributed by atoms with van der Waals surface area (Å²) in [6.45, 7) is 1.79. The van der Waals surface area contributed by atoms with Crippen molar-refractivity contribution in [2.24, 2.45) is 5.41 Å². The normalized spacial score (nSPS) is 22.4. The van der Waals surface area contributed by atoms with Crippen LogP contribution in [0.4, 0.5) is 0 Å². The molecule has 1 N–H and O–H groups in total. The highest BCUT2D eigenvalue weighted by Crippen LogP contribution is 2.49. The smallest absolute Gasteiger partial charge is 0.105 e. The monoisotopic (exact) mass is 229 g/mol. The Balaban J connectivity index is 2.39. The predicted molar refractivity (Wildman–Crippen MR) is 67.1 cm³/mol. The number of aliphatic hydroxyl groups is 1. The third-order valence-corrected chi connectivity index (χ3v) is 4.19. The second kappa shape index (κ2) is 4.50. The summed E-state index contributed by atoms with van der Waals surface area (Å²) in [7, 11) is 0. The molecule has 1 aliphatic rings. The Morgan fingerprint density at radius 1 is 1.18 bits per heavy atom. The zero-order valence-corrected chi connectivity index (χ0v) is 10.3. The lowest BCUT2D eigenvalue weighted by molar-refractivity contribution is -0.0634. The lowest BCUT2D eigenvalue weighted by Crippen LogP contribution is -2.44. The van der Waals surface area contributed by atoms with Crippen molar-refractivity contribution in [2.45, 2.75) is 44.6 Å². The molecule has 2 rings (SSSR count). The number of nitriles is 1. The topological polar surface area (TPSA) is 44.0 Å². The van der Waals surface area contributed by atoms with Gasteiger partial charge in [-0.3, -0.25) is 0 Å². The summed E-state index contributed by atoms with van der Waals surface area (Å²) in [4.78, 5) is 0. The summed E-state index contributed by atoms with van der Waals surface area (Å²) in [6.07, 6.45) is 4.85. The molecular formula is C15H19NO. The van der Waals surface area contributed by atoms with Gasteiger partial charge in [-0.25, -0.2) is 0 Å². The van der Waals surface area contributed by atoms with Crippen molar-refractivity contribution in [3.8, 4) is 6.07 Å². The van der Waals surface area contributed by atoms with Crippen LogP contribution in [0, 0.1) is 16.7 Å². The quantitative estimate of drug-likeness (QED) is 0.845. The van der Waals surface area contributed by atoms with E-state index in [9.17, 15) is 10.4 Å². The summed E-state index contributed by atoms with van der Waals surface area (Å²) < 4.78 is 0. The van der Waals surface area contributed by atoms with Crippen LogP contribution < -0.4 is 0 Å². The molecule has 2 nitrogen and oxygen atoms in total.